The number of thiophene rings is 1. The molecule has 9 heteroatoms. The molecule has 0 aromatic carbocycles. The van der Waals surface area contributed by atoms with Crippen LogP contribution in [0.5, 0.6) is 0 Å². The zero-order valence-electron chi connectivity index (χ0n) is 14.1. The van der Waals surface area contributed by atoms with Crippen molar-refractivity contribution in [3.05, 3.63) is 21.9 Å². The van der Waals surface area contributed by atoms with E-state index < -0.39 is 10.0 Å². The van der Waals surface area contributed by atoms with Gasteiger partial charge in [0, 0.05) is 31.6 Å². The molecular weight excluding hydrogens is 447 g/mol. The van der Waals surface area contributed by atoms with Crippen LogP contribution in [0.25, 0.3) is 0 Å². The number of halogens is 1. The second-order valence-corrected chi connectivity index (χ2v) is 7.97. The number of hydrogen-bond acceptors (Lipinski definition) is 4. The molecule has 1 aromatic rings. The van der Waals surface area contributed by atoms with E-state index in [0.29, 0.717) is 19.6 Å². The van der Waals surface area contributed by atoms with Crippen molar-refractivity contribution in [2.75, 3.05) is 32.9 Å². The van der Waals surface area contributed by atoms with E-state index >= 15 is 0 Å². The Morgan fingerprint density at radius 2 is 2.09 bits per heavy atom. The van der Waals surface area contributed by atoms with Crippen molar-refractivity contribution in [3.63, 3.8) is 0 Å². The number of aliphatic imine (C=N–C) groups is 1. The largest absolute Gasteiger partial charge is 0.356 e. The first-order chi connectivity index (χ1) is 10.4. The van der Waals surface area contributed by atoms with E-state index in [1.165, 1.54) is 21.0 Å². The molecule has 1 heterocycles. The molecule has 134 valence electrons. The molecular formula is C14H27IN4O2S2. The molecule has 0 fully saturated rings. The first-order valence-corrected chi connectivity index (χ1v) is 10.0. The first-order valence-electron chi connectivity index (χ1n) is 7.31. The second kappa shape index (κ2) is 11.2. The molecule has 2 N–H and O–H groups in total. The monoisotopic (exact) mass is 474 g/mol. The molecule has 1 aromatic heterocycles. The fourth-order valence-electron chi connectivity index (χ4n) is 1.99. The highest BCUT2D eigenvalue weighted by atomic mass is 127. The Balaban J connectivity index is 0.00000484. The maximum atomic E-state index is 11.5. The number of guanidine groups is 1. The third-order valence-electron chi connectivity index (χ3n) is 3.31. The SMILES string of the molecule is CCN(CCCNC(=NC)NCc1sccc1C)S(C)(=O)=O.I. The van der Waals surface area contributed by atoms with E-state index in [4.69, 9.17) is 0 Å². The molecule has 0 unspecified atom stereocenters. The molecule has 23 heavy (non-hydrogen) atoms. The van der Waals surface area contributed by atoms with E-state index in [1.54, 1.807) is 18.4 Å². The van der Waals surface area contributed by atoms with Gasteiger partial charge in [0.2, 0.25) is 10.0 Å². The first kappa shape index (κ1) is 22.6. The fourth-order valence-corrected chi connectivity index (χ4v) is 3.77. The summed E-state index contributed by atoms with van der Waals surface area (Å²) in [5, 5.41) is 8.54. The molecule has 0 radical (unpaired) electrons. The molecule has 0 spiro atoms. The molecule has 1 rings (SSSR count). The molecule has 0 amide bonds. The van der Waals surface area contributed by atoms with Crippen molar-refractivity contribution in [1.29, 1.82) is 0 Å². The van der Waals surface area contributed by atoms with Crippen LogP contribution in [-0.2, 0) is 16.6 Å². The average molecular weight is 474 g/mol. The van der Waals surface area contributed by atoms with Gasteiger partial charge in [-0.3, -0.25) is 4.99 Å². The van der Waals surface area contributed by atoms with Crippen LogP contribution in [0.4, 0.5) is 0 Å². The third-order valence-corrected chi connectivity index (χ3v) is 5.71. The highest BCUT2D eigenvalue weighted by Gasteiger charge is 2.13. The number of hydrogen-bond donors (Lipinski definition) is 2. The number of aryl methyl sites for hydroxylation is 1. The Labute approximate surface area is 160 Å². The number of rotatable bonds is 8. The lowest BCUT2D eigenvalue weighted by Gasteiger charge is -2.18. The molecule has 0 saturated carbocycles. The minimum atomic E-state index is -3.10. The van der Waals surface area contributed by atoms with E-state index in [2.05, 4.69) is 34.0 Å². The summed E-state index contributed by atoms with van der Waals surface area (Å²) in [6.45, 7) is 6.38. The van der Waals surface area contributed by atoms with Crippen LogP contribution < -0.4 is 10.6 Å². The Hall–Kier alpha value is -0.390. The average Bonchev–Trinajstić information content (AvgIpc) is 2.86. The minimum Gasteiger partial charge on any atom is -0.356 e. The summed E-state index contributed by atoms with van der Waals surface area (Å²) in [5.41, 5.74) is 1.28. The Kier molecular flexibility index (Phi) is 11.0. The summed E-state index contributed by atoms with van der Waals surface area (Å²) < 4.78 is 24.4. The van der Waals surface area contributed by atoms with Gasteiger partial charge in [0.25, 0.3) is 0 Å². The van der Waals surface area contributed by atoms with Crippen LogP contribution in [0.15, 0.2) is 16.4 Å². The lowest BCUT2D eigenvalue weighted by atomic mass is 10.3. The molecule has 6 nitrogen and oxygen atoms in total. The molecule has 0 aliphatic rings. The highest BCUT2D eigenvalue weighted by molar-refractivity contribution is 14.0. The van der Waals surface area contributed by atoms with Crippen LogP contribution in [0, 0.1) is 6.92 Å². The number of sulfonamides is 1. The highest BCUT2D eigenvalue weighted by Crippen LogP contribution is 2.14. The zero-order valence-corrected chi connectivity index (χ0v) is 18.1. The molecule has 0 aliphatic heterocycles. The Bertz CT molecular complexity index is 587. The predicted octanol–water partition coefficient (Wildman–Crippen LogP) is 2.01. The van der Waals surface area contributed by atoms with E-state index in [-0.39, 0.29) is 24.0 Å². The number of nitrogens with zero attached hydrogens (tertiary/aromatic N) is 2. The van der Waals surface area contributed by atoms with Gasteiger partial charge >= 0.3 is 0 Å². The van der Waals surface area contributed by atoms with Gasteiger partial charge in [0.05, 0.1) is 12.8 Å². The van der Waals surface area contributed by atoms with E-state index in [1.807, 2.05) is 6.92 Å². The topological polar surface area (TPSA) is 73.8 Å². The molecule has 0 saturated heterocycles. The summed E-state index contributed by atoms with van der Waals surface area (Å²) >= 11 is 1.72. The Morgan fingerprint density at radius 1 is 1.39 bits per heavy atom. The lowest BCUT2D eigenvalue weighted by molar-refractivity contribution is 0.424. The molecule has 0 aliphatic carbocycles. The predicted molar refractivity (Wildman–Crippen MR) is 109 cm³/mol. The molecule has 0 atom stereocenters. The van der Waals surface area contributed by atoms with Crippen molar-refractivity contribution < 1.29 is 8.42 Å². The quantitative estimate of drug-likeness (QED) is 0.262. The van der Waals surface area contributed by atoms with E-state index in [0.717, 1.165) is 18.9 Å². The minimum absolute atomic E-state index is 0. The summed E-state index contributed by atoms with van der Waals surface area (Å²) in [6, 6.07) is 2.10. The normalized spacial score (nSPS) is 12.1. The van der Waals surface area contributed by atoms with Gasteiger partial charge in [0.1, 0.15) is 0 Å². The maximum absolute atomic E-state index is 11.5. The van der Waals surface area contributed by atoms with Crippen LogP contribution >= 0.6 is 35.3 Å². The van der Waals surface area contributed by atoms with Gasteiger partial charge < -0.3 is 10.6 Å². The fraction of sp³-hybridized carbons (Fsp3) is 0.643. The van der Waals surface area contributed by atoms with Crippen molar-refractivity contribution in [3.8, 4) is 0 Å². The molecule has 0 bridgehead atoms. The third kappa shape index (κ3) is 8.32. The second-order valence-electron chi connectivity index (χ2n) is 4.99. The van der Waals surface area contributed by atoms with Gasteiger partial charge in [-0.05, 0) is 30.4 Å². The van der Waals surface area contributed by atoms with Crippen molar-refractivity contribution in [2.45, 2.75) is 26.8 Å². The van der Waals surface area contributed by atoms with Crippen LogP contribution in [-0.4, -0.2) is 51.6 Å². The van der Waals surface area contributed by atoms with E-state index in [9.17, 15) is 8.42 Å². The summed E-state index contributed by atoms with van der Waals surface area (Å²) in [5.74, 6) is 0.732. The summed E-state index contributed by atoms with van der Waals surface area (Å²) in [4.78, 5) is 5.46. The lowest BCUT2D eigenvalue weighted by Crippen LogP contribution is -2.39. The summed E-state index contributed by atoms with van der Waals surface area (Å²) in [6.07, 6.45) is 1.98. The van der Waals surface area contributed by atoms with Crippen molar-refractivity contribution in [1.82, 2.24) is 14.9 Å². The van der Waals surface area contributed by atoms with Crippen molar-refractivity contribution in [2.24, 2.45) is 4.99 Å². The van der Waals surface area contributed by atoms with Gasteiger partial charge in [-0.2, -0.15) is 0 Å². The number of nitrogens with one attached hydrogen (secondary N) is 2. The van der Waals surface area contributed by atoms with Crippen LogP contribution in [0.2, 0.25) is 0 Å². The van der Waals surface area contributed by atoms with Gasteiger partial charge in [0.15, 0.2) is 5.96 Å². The summed E-state index contributed by atoms with van der Waals surface area (Å²) in [7, 11) is -1.38. The van der Waals surface area contributed by atoms with Crippen LogP contribution in [0.3, 0.4) is 0 Å². The van der Waals surface area contributed by atoms with Crippen molar-refractivity contribution >= 4 is 51.3 Å². The maximum Gasteiger partial charge on any atom is 0.211 e. The van der Waals surface area contributed by atoms with Crippen LogP contribution in [0.1, 0.15) is 23.8 Å². The van der Waals surface area contributed by atoms with Gasteiger partial charge in [-0.1, -0.05) is 6.92 Å². The van der Waals surface area contributed by atoms with Gasteiger partial charge in [-0.15, -0.1) is 35.3 Å². The Morgan fingerprint density at radius 3 is 2.57 bits per heavy atom. The zero-order chi connectivity index (χ0) is 16.6. The smallest absolute Gasteiger partial charge is 0.211 e. The van der Waals surface area contributed by atoms with Gasteiger partial charge in [-0.25, -0.2) is 12.7 Å². The standard InChI is InChI=1S/C14H26N4O2S2.HI/c1-5-18(22(4,19)20)9-6-8-16-14(15-3)17-11-13-12(2)7-10-21-13;/h7,10H,5-6,8-9,11H2,1-4H3,(H2,15,16,17);1H.